The number of amides is 1. The van der Waals surface area contributed by atoms with Gasteiger partial charge in [-0.1, -0.05) is 79.3 Å². The summed E-state index contributed by atoms with van der Waals surface area (Å²) in [5.41, 5.74) is 1.23. The lowest BCUT2D eigenvalue weighted by Gasteiger charge is -2.66. The van der Waals surface area contributed by atoms with Gasteiger partial charge >= 0.3 is 0 Å². The van der Waals surface area contributed by atoms with Crippen LogP contribution in [0.15, 0.2) is 18.2 Å². The third kappa shape index (κ3) is 2.06. The molecule has 3 aliphatic rings. The van der Waals surface area contributed by atoms with Gasteiger partial charge in [-0.15, -0.1) is 0 Å². The summed E-state index contributed by atoms with van der Waals surface area (Å²) in [5.74, 6) is 0.0866. The number of anilines is 1. The monoisotopic (exact) mass is 525 g/mol. The highest BCUT2D eigenvalue weighted by molar-refractivity contribution is 9.24. The molecule has 126 valence electrons. The normalized spacial score (nSPS) is 34.3. The Morgan fingerprint density at radius 1 is 1.35 bits per heavy atom. The molecule has 23 heavy (non-hydrogen) atoms. The number of carbonyl (C=O) groups excluding carboxylic acids is 1. The van der Waals surface area contributed by atoms with Gasteiger partial charge in [-0.25, -0.2) is 0 Å². The van der Waals surface area contributed by atoms with E-state index in [9.17, 15) is 4.79 Å². The van der Waals surface area contributed by atoms with Crippen LogP contribution < -0.4 is 5.32 Å². The summed E-state index contributed by atoms with van der Waals surface area (Å²) in [4.78, 5) is 13.4. The van der Waals surface area contributed by atoms with Crippen molar-refractivity contribution < 1.29 is 4.79 Å². The van der Waals surface area contributed by atoms with E-state index in [0.29, 0.717) is 5.02 Å². The molecule has 1 N–H and O–H groups in total. The summed E-state index contributed by atoms with van der Waals surface area (Å²) in [6.07, 6.45) is 1.90. The highest BCUT2D eigenvalue weighted by atomic mass is 79.9. The molecule has 3 saturated carbocycles. The average Bonchev–Trinajstić information content (AvgIpc) is 2.93. The van der Waals surface area contributed by atoms with Crippen LogP contribution in [0.3, 0.4) is 0 Å². The van der Waals surface area contributed by atoms with E-state index in [0.717, 1.165) is 24.1 Å². The van der Waals surface area contributed by atoms with Crippen molar-refractivity contribution in [3.05, 3.63) is 28.8 Å². The zero-order valence-corrected chi connectivity index (χ0v) is 18.7. The molecule has 3 aliphatic carbocycles. The molecule has 1 aromatic carbocycles. The maximum atomic E-state index is 13.2. The smallest absolute Gasteiger partial charge is 0.232 e. The molecule has 6 heteroatoms. The number of carbonyl (C=O) groups is 1. The first-order valence-electron chi connectivity index (χ1n) is 7.61. The molecule has 4 rings (SSSR count). The van der Waals surface area contributed by atoms with E-state index in [4.69, 9.17) is 11.6 Å². The van der Waals surface area contributed by atoms with Gasteiger partial charge in [0.05, 0.1) is 9.15 Å². The molecular formula is C17H19Br3ClNO. The summed E-state index contributed by atoms with van der Waals surface area (Å²) in [7, 11) is 0. The van der Waals surface area contributed by atoms with E-state index >= 15 is 0 Å². The molecule has 1 aromatic rings. The number of alkyl halides is 3. The van der Waals surface area contributed by atoms with Crippen molar-refractivity contribution >= 4 is 71.0 Å². The van der Waals surface area contributed by atoms with Crippen LogP contribution in [0.4, 0.5) is 5.69 Å². The summed E-state index contributed by atoms with van der Waals surface area (Å²) < 4.78 is 0.179. The number of hydrogen-bond acceptors (Lipinski definition) is 1. The molecular weight excluding hydrogens is 509 g/mol. The fourth-order valence-electron chi connectivity index (χ4n) is 4.67. The highest BCUT2D eigenvalue weighted by Crippen LogP contribution is 2.82. The predicted octanol–water partition coefficient (Wildman–Crippen LogP) is 6.27. The van der Waals surface area contributed by atoms with E-state index in [2.05, 4.69) is 67.0 Å². The molecule has 0 aromatic heterocycles. The van der Waals surface area contributed by atoms with Crippen LogP contribution in [0.1, 0.15) is 32.3 Å². The average molecular weight is 529 g/mol. The zero-order valence-electron chi connectivity index (χ0n) is 13.2. The number of hydrogen-bond donors (Lipinski definition) is 1. The number of fused-ring (bicyclic) bond motifs is 1. The minimum Gasteiger partial charge on any atom is -0.325 e. The van der Waals surface area contributed by atoms with E-state index in [1.165, 1.54) is 0 Å². The van der Waals surface area contributed by atoms with Gasteiger partial charge < -0.3 is 5.32 Å². The molecule has 0 radical (unpaired) electrons. The minimum absolute atomic E-state index is 0.0354. The minimum atomic E-state index is -0.401. The number of halogens is 4. The van der Waals surface area contributed by atoms with E-state index in [1.807, 2.05) is 25.1 Å². The Morgan fingerprint density at radius 3 is 2.52 bits per heavy atom. The second-order valence-electron chi connectivity index (χ2n) is 7.17. The summed E-state index contributed by atoms with van der Waals surface area (Å²) in [5, 5.41) is 3.80. The first kappa shape index (κ1) is 18.2. The Labute approximate surface area is 167 Å². The maximum Gasteiger partial charge on any atom is 0.232 e. The van der Waals surface area contributed by atoms with Gasteiger partial charge in [-0.05, 0) is 42.9 Å². The molecule has 0 spiro atoms. The number of rotatable bonds is 3. The van der Waals surface area contributed by atoms with Crippen LogP contribution in [0.2, 0.25) is 5.02 Å². The van der Waals surface area contributed by atoms with Gasteiger partial charge in [0.2, 0.25) is 5.91 Å². The first-order valence-corrected chi connectivity index (χ1v) is 10.7. The Balaban J connectivity index is 1.94. The molecule has 0 saturated heterocycles. The van der Waals surface area contributed by atoms with E-state index in [1.54, 1.807) is 0 Å². The second kappa shape index (κ2) is 5.72. The largest absolute Gasteiger partial charge is 0.325 e. The Kier molecular flexibility index (Phi) is 4.53. The molecule has 2 bridgehead atoms. The van der Waals surface area contributed by atoms with Gasteiger partial charge in [-0.2, -0.15) is 0 Å². The molecule has 3 unspecified atom stereocenters. The van der Waals surface area contributed by atoms with Crippen LogP contribution in [0.5, 0.6) is 0 Å². The van der Waals surface area contributed by atoms with Gasteiger partial charge in [0.1, 0.15) is 0 Å². The molecule has 3 atom stereocenters. The van der Waals surface area contributed by atoms with Gasteiger partial charge in [0.25, 0.3) is 0 Å². The van der Waals surface area contributed by atoms with Crippen molar-refractivity contribution in [2.75, 3.05) is 5.32 Å². The van der Waals surface area contributed by atoms with Crippen LogP contribution in [-0.2, 0) is 4.79 Å². The van der Waals surface area contributed by atoms with Gasteiger partial charge in [-0.3, -0.25) is 4.79 Å². The maximum absolute atomic E-state index is 13.2. The Morgan fingerprint density at radius 2 is 2.00 bits per heavy atom. The fourth-order valence-corrected chi connectivity index (χ4v) is 9.76. The molecule has 1 amide bonds. The van der Waals surface area contributed by atoms with Crippen molar-refractivity contribution in [3.8, 4) is 0 Å². The Hall–Kier alpha value is 0.420. The van der Waals surface area contributed by atoms with Crippen LogP contribution >= 0.6 is 59.4 Å². The van der Waals surface area contributed by atoms with E-state index < -0.39 is 5.41 Å². The molecule has 3 fully saturated rings. The third-order valence-corrected chi connectivity index (χ3v) is 10.0. The van der Waals surface area contributed by atoms with Crippen molar-refractivity contribution in [3.63, 3.8) is 0 Å². The number of benzene rings is 1. The first-order chi connectivity index (χ1) is 10.6. The van der Waals surface area contributed by atoms with Crippen molar-refractivity contribution in [2.45, 2.75) is 42.2 Å². The number of nitrogens with one attached hydrogen (secondary N) is 1. The predicted molar refractivity (Wildman–Crippen MR) is 107 cm³/mol. The lowest BCUT2D eigenvalue weighted by molar-refractivity contribution is -0.155. The van der Waals surface area contributed by atoms with Crippen LogP contribution in [0, 0.1) is 23.2 Å². The van der Waals surface area contributed by atoms with Crippen molar-refractivity contribution in [1.82, 2.24) is 0 Å². The SMILES string of the molecule is Cc1c(Cl)cccc1NC(=O)C12CCC(C(Br)Br)(C1Br)C2(C)C. The third-order valence-electron chi connectivity index (χ3n) is 6.41. The Bertz CT molecular complexity index is 678. The standard InChI is InChI=1S/C17H19Br3ClNO/c1-9-10(21)5-4-6-11(9)22-14(23)17-8-7-16(12(17)18,13(19)20)15(17,2)3/h4-6,12-13H,7-8H2,1-3H3,(H,22,23). The summed E-state index contributed by atoms with van der Waals surface area (Å²) >= 11 is 17.4. The zero-order chi connectivity index (χ0) is 17.2. The second-order valence-corrected chi connectivity index (χ2v) is 11.5. The molecule has 0 heterocycles. The fraction of sp³-hybridized carbons (Fsp3) is 0.588. The summed E-state index contributed by atoms with van der Waals surface area (Å²) in [6, 6.07) is 5.61. The van der Waals surface area contributed by atoms with Crippen molar-refractivity contribution in [1.29, 1.82) is 0 Å². The topological polar surface area (TPSA) is 29.1 Å². The molecule has 2 nitrogen and oxygen atoms in total. The van der Waals surface area contributed by atoms with E-state index in [-0.39, 0.29) is 25.3 Å². The summed E-state index contributed by atoms with van der Waals surface area (Å²) in [6.45, 7) is 6.34. The van der Waals surface area contributed by atoms with Gasteiger partial charge in [0, 0.05) is 21.0 Å². The van der Waals surface area contributed by atoms with Crippen LogP contribution in [0.25, 0.3) is 0 Å². The quantitative estimate of drug-likeness (QED) is 0.461. The van der Waals surface area contributed by atoms with Crippen molar-refractivity contribution in [2.24, 2.45) is 16.2 Å². The highest BCUT2D eigenvalue weighted by Gasteiger charge is 2.83. The van der Waals surface area contributed by atoms with Crippen LogP contribution in [-0.4, -0.2) is 14.5 Å². The lowest BCUT2D eigenvalue weighted by Crippen LogP contribution is -2.71. The van der Waals surface area contributed by atoms with Gasteiger partial charge in [0.15, 0.2) is 0 Å². The lowest BCUT2D eigenvalue weighted by atomic mass is 9.43. The molecule has 0 aliphatic heterocycles.